The Morgan fingerprint density at radius 3 is 2.75 bits per heavy atom. The number of aromatic nitrogens is 3. The van der Waals surface area contributed by atoms with Gasteiger partial charge >= 0.3 is 0 Å². The molecule has 1 N–H and O–H groups in total. The fourth-order valence-electron chi connectivity index (χ4n) is 3.96. The average molecular weight is 432 g/mol. The molecule has 1 saturated heterocycles. The van der Waals surface area contributed by atoms with E-state index in [4.69, 9.17) is 4.74 Å². The van der Waals surface area contributed by atoms with Crippen molar-refractivity contribution in [3.8, 4) is 16.9 Å². The zero-order valence-electron chi connectivity index (χ0n) is 17.2. The fraction of sp³-hybridized carbons (Fsp3) is 0.208. The van der Waals surface area contributed by atoms with E-state index >= 15 is 0 Å². The molecular weight excluding hydrogens is 411 g/mol. The van der Waals surface area contributed by atoms with Gasteiger partial charge in [0.2, 0.25) is 0 Å². The molecule has 0 aliphatic carbocycles. The Morgan fingerprint density at radius 1 is 1.16 bits per heavy atom. The largest absolute Gasteiger partial charge is 0.376 e. The number of nitrogens with zero attached hydrogens (tertiary/aromatic N) is 3. The smallest absolute Gasteiger partial charge is 0.282 e. The monoisotopic (exact) mass is 432 g/mol. The second-order valence-corrected chi connectivity index (χ2v) is 7.78. The topological polar surface area (TPSA) is 78.2 Å². The van der Waals surface area contributed by atoms with Gasteiger partial charge in [0.15, 0.2) is 0 Å². The number of hydrogen-bond acceptors (Lipinski definition) is 4. The van der Waals surface area contributed by atoms with Gasteiger partial charge in [-0.15, -0.1) is 0 Å². The Hall–Kier alpha value is -3.78. The molecule has 5 rings (SSSR count). The van der Waals surface area contributed by atoms with Gasteiger partial charge in [-0.2, -0.15) is 9.78 Å². The van der Waals surface area contributed by atoms with Crippen LogP contribution < -0.4 is 10.9 Å². The van der Waals surface area contributed by atoms with E-state index in [2.05, 4.69) is 10.4 Å². The van der Waals surface area contributed by atoms with Crippen LogP contribution in [0.15, 0.2) is 71.8 Å². The summed E-state index contributed by atoms with van der Waals surface area (Å²) in [6.45, 7) is 1.23. The van der Waals surface area contributed by atoms with Crippen LogP contribution in [0.4, 0.5) is 10.1 Å². The van der Waals surface area contributed by atoms with Crippen molar-refractivity contribution in [3.63, 3.8) is 0 Å². The maximum Gasteiger partial charge on any atom is 0.282 e. The van der Waals surface area contributed by atoms with Crippen LogP contribution in [0, 0.1) is 5.82 Å². The third-order valence-electron chi connectivity index (χ3n) is 5.49. The average Bonchev–Trinajstić information content (AvgIpc) is 3.42. The van der Waals surface area contributed by atoms with E-state index < -0.39 is 11.7 Å². The number of ether oxygens (including phenoxy) is 1. The molecule has 1 fully saturated rings. The quantitative estimate of drug-likeness (QED) is 0.522. The lowest BCUT2D eigenvalue weighted by atomic mass is 10.1. The van der Waals surface area contributed by atoms with E-state index in [1.165, 1.54) is 22.9 Å². The highest BCUT2D eigenvalue weighted by atomic mass is 19.1. The van der Waals surface area contributed by atoms with Crippen molar-refractivity contribution in [3.05, 3.63) is 88.7 Å². The van der Waals surface area contributed by atoms with Gasteiger partial charge in [0.1, 0.15) is 11.5 Å². The molecule has 0 aromatic heterocycles. The summed E-state index contributed by atoms with van der Waals surface area (Å²) < 4.78 is 22.4. The van der Waals surface area contributed by atoms with Crippen LogP contribution in [0.25, 0.3) is 16.9 Å². The van der Waals surface area contributed by atoms with Crippen molar-refractivity contribution in [2.75, 3.05) is 11.9 Å². The number of carbonyl (C=O) groups is 1. The summed E-state index contributed by atoms with van der Waals surface area (Å²) in [5.41, 5.74) is 1.47. The number of amides is 1. The zero-order chi connectivity index (χ0) is 22.1. The molecule has 2 aromatic carbocycles. The molecule has 0 unspecified atom stereocenters. The Balaban J connectivity index is 1.60. The van der Waals surface area contributed by atoms with Gasteiger partial charge < -0.3 is 14.6 Å². The van der Waals surface area contributed by atoms with E-state index in [1.807, 2.05) is 18.2 Å². The molecule has 0 saturated carbocycles. The van der Waals surface area contributed by atoms with Crippen molar-refractivity contribution in [2.24, 2.45) is 0 Å². The highest BCUT2D eigenvalue weighted by molar-refractivity contribution is 6.08. The van der Waals surface area contributed by atoms with Crippen LogP contribution in [-0.2, 0) is 11.3 Å². The Kier molecular flexibility index (Phi) is 5.28. The molecule has 8 heteroatoms. The van der Waals surface area contributed by atoms with E-state index in [0.717, 1.165) is 12.8 Å². The molecule has 0 radical (unpaired) electrons. The van der Waals surface area contributed by atoms with Crippen LogP contribution >= 0.6 is 0 Å². The number of pyridine rings is 1. The van der Waals surface area contributed by atoms with Crippen molar-refractivity contribution in [1.29, 1.82) is 0 Å². The third kappa shape index (κ3) is 3.92. The van der Waals surface area contributed by atoms with Gasteiger partial charge in [-0.1, -0.05) is 24.3 Å². The molecular formula is C24H21FN4O3. The highest BCUT2D eigenvalue weighted by Crippen LogP contribution is 2.25. The summed E-state index contributed by atoms with van der Waals surface area (Å²) in [6.07, 6.45) is 5.31. The minimum Gasteiger partial charge on any atom is -0.376 e. The lowest BCUT2D eigenvalue weighted by molar-refractivity contribution is 0.0961. The van der Waals surface area contributed by atoms with Crippen LogP contribution in [-0.4, -0.2) is 33.0 Å². The number of anilines is 1. The first-order valence-electron chi connectivity index (χ1n) is 10.5. The van der Waals surface area contributed by atoms with E-state index in [-0.39, 0.29) is 22.9 Å². The minimum atomic E-state index is -0.472. The molecule has 1 amide bonds. The van der Waals surface area contributed by atoms with Gasteiger partial charge in [0.05, 0.1) is 22.9 Å². The van der Waals surface area contributed by atoms with Crippen LogP contribution in [0.1, 0.15) is 23.2 Å². The van der Waals surface area contributed by atoms with Gasteiger partial charge in [-0.3, -0.25) is 9.59 Å². The third-order valence-corrected chi connectivity index (χ3v) is 5.49. The normalized spacial score (nSPS) is 15.8. The van der Waals surface area contributed by atoms with E-state index in [0.29, 0.717) is 30.1 Å². The van der Waals surface area contributed by atoms with Gasteiger partial charge in [0.25, 0.3) is 11.5 Å². The molecule has 0 spiro atoms. The van der Waals surface area contributed by atoms with Gasteiger partial charge in [-0.05, 0) is 43.2 Å². The standard InChI is InChI=1S/C24H21FN4O3/c25-16-6-4-7-17(12-16)26-23(30)20-14-28(13-19-10-5-11-32-19)15-21-22(20)27-29(24(21)31)18-8-2-1-3-9-18/h1-4,6-9,12,14-15,19H,5,10-11,13H2,(H,26,30)/t19-/m0/s1. The molecule has 2 aromatic rings. The Bertz CT molecular complexity index is 1290. The van der Waals surface area contributed by atoms with E-state index in [9.17, 15) is 14.0 Å². The summed E-state index contributed by atoms with van der Waals surface area (Å²) >= 11 is 0. The first-order chi connectivity index (χ1) is 15.6. The van der Waals surface area contributed by atoms with Crippen LogP contribution in [0.2, 0.25) is 0 Å². The number of fused-ring (bicyclic) bond motifs is 1. The molecule has 3 aliphatic heterocycles. The zero-order valence-corrected chi connectivity index (χ0v) is 17.2. The van der Waals surface area contributed by atoms with Gasteiger partial charge in [-0.25, -0.2) is 4.39 Å². The predicted octanol–water partition coefficient (Wildman–Crippen LogP) is 3.71. The van der Waals surface area contributed by atoms with Crippen molar-refractivity contribution >= 4 is 11.6 Å². The van der Waals surface area contributed by atoms with Crippen molar-refractivity contribution in [2.45, 2.75) is 25.5 Å². The predicted molar refractivity (Wildman–Crippen MR) is 118 cm³/mol. The first kappa shape index (κ1) is 20.1. The number of halogens is 1. The number of rotatable bonds is 5. The second kappa shape index (κ2) is 8.39. The van der Waals surface area contributed by atoms with Crippen molar-refractivity contribution in [1.82, 2.24) is 14.3 Å². The molecule has 3 heterocycles. The Morgan fingerprint density at radius 2 is 2.00 bits per heavy atom. The second-order valence-electron chi connectivity index (χ2n) is 7.78. The summed E-state index contributed by atoms with van der Waals surface area (Å²) in [6, 6.07) is 14.7. The maximum absolute atomic E-state index is 13.6. The Labute approximate surface area is 183 Å². The summed E-state index contributed by atoms with van der Waals surface area (Å²) in [5.74, 6) is -0.926. The lowest BCUT2D eigenvalue weighted by Gasteiger charge is -2.16. The first-order valence-corrected chi connectivity index (χ1v) is 10.5. The van der Waals surface area contributed by atoms with Gasteiger partial charge in [0, 0.05) is 31.2 Å². The molecule has 32 heavy (non-hydrogen) atoms. The summed E-state index contributed by atoms with van der Waals surface area (Å²) in [4.78, 5) is 26.3. The van der Waals surface area contributed by atoms with E-state index in [1.54, 1.807) is 35.2 Å². The lowest BCUT2D eigenvalue weighted by Crippen LogP contribution is -2.21. The number of carbonyl (C=O) groups excluding carboxylic acids is 1. The molecule has 0 bridgehead atoms. The van der Waals surface area contributed by atoms with Crippen LogP contribution in [0.3, 0.4) is 0 Å². The number of para-hydroxylation sites is 1. The van der Waals surface area contributed by atoms with Crippen LogP contribution in [0.5, 0.6) is 0 Å². The summed E-state index contributed by atoms with van der Waals surface area (Å²) in [5, 5.41) is 7.17. The molecule has 3 aliphatic rings. The number of nitrogens with one attached hydrogen (secondary N) is 1. The minimum absolute atomic E-state index is 0.0239. The highest BCUT2D eigenvalue weighted by Gasteiger charge is 2.26. The van der Waals surface area contributed by atoms with Crippen molar-refractivity contribution < 1.29 is 13.9 Å². The number of hydrogen-bond donors (Lipinski definition) is 1. The SMILES string of the molecule is O=C(Nc1cccc(F)c1)c1cn(C[C@@H]2CCCO2)cc2c(=O)n(-c3ccccc3)nc1-2. The summed E-state index contributed by atoms with van der Waals surface area (Å²) in [7, 11) is 0. The molecule has 162 valence electrons. The maximum atomic E-state index is 13.6. The fourth-order valence-corrected chi connectivity index (χ4v) is 3.96. The molecule has 7 nitrogen and oxygen atoms in total. The number of benzene rings is 2. The molecule has 1 atom stereocenters.